The van der Waals surface area contributed by atoms with Gasteiger partial charge in [0.25, 0.3) is 0 Å². The predicted octanol–water partition coefficient (Wildman–Crippen LogP) is -3.75. The standard InChI is InChI=1S/Ca.4Mn.3H2O2.2H2O/c;;;;;3*1-2;;/h;;;;;3*1-2H;2*1H2/q+2;;;;;;;;;/p+3. The Morgan fingerprint density at radius 2 is 0.615 bits per heavy atom. The van der Waals surface area contributed by atoms with Crippen molar-refractivity contribution in [1.29, 1.82) is 0 Å². The van der Waals surface area contributed by atoms with Crippen molar-refractivity contribution >= 4 is 37.7 Å². The van der Waals surface area contributed by atoms with Crippen LogP contribution in [-0.4, -0.2) is 74.8 Å². The molecule has 13 heavy (non-hydrogen) atoms. The van der Waals surface area contributed by atoms with E-state index in [0.29, 0.717) is 0 Å². The van der Waals surface area contributed by atoms with Gasteiger partial charge in [0.05, 0.1) is 0 Å². The monoisotopic (exact) mass is 401 g/mol. The Balaban J connectivity index is -0.00000000102. The summed E-state index contributed by atoms with van der Waals surface area (Å²) < 4.78 is 0. The molecular weight excluding hydrogens is 388 g/mol. The normalized spacial score (nSPS) is 1.38. The van der Waals surface area contributed by atoms with Crippen molar-refractivity contribution < 1.29 is 111 Å². The quantitative estimate of drug-likeness (QED) is 0.140. The Bertz CT molecular complexity index is 16.1. The molecule has 0 aromatic carbocycles. The molecule has 8 nitrogen and oxygen atoms in total. The van der Waals surface area contributed by atoms with Gasteiger partial charge in [0.15, 0.2) is 0 Å². The Labute approximate surface area is 146 Å². The molecule has 0 aliphatic rings. The van der Waals surface area contributed by atoms with E-state index >= 15 is 0 Å². The third-order valence-corrected chi connectivity index (χ3v) is 0. The van der Waals surface area contributed by atoms with Gasteiger partial charge in [0.2, 0.25) is 0 Å². The van der Waals surface area contributed by atoms with Crippen LogP contribution in [0.25, 0.3) is 0 Å². The van der Waals surface area contributed by atoms with Crippen molar-refractivity contribution in [3.8, 4) is 0 Å². The second kappa shape index (κ2) is 324. The molecule has 0 saturated carbocycles. The van der Waals surface area contributed by atoms with Crippen LogP contribution < -0.4 is 0 Å². The molecule has 0 aromatic heterocycles. The van der Waals surface area contributed by atoms with E-state index in [4.69, 9.17) is 31.5 Å². The van der Waals surface area contributed by atoms with Crippen LogP contribution in [0.4, 0.5) is 0 Å². The summed E-state index contributed by atoms with van der Waals surface area (Å²) in [4.78, 5) is 0. The molecule has 0 aliphatic carbocycles. The van der Waals surface area contributed by atoms with Gasteiger partial charge in [-0.25, -0.2) is 0 Å². The van der Waals surface area contributed by atoms with E-state index in [9.17, 15) is 0 Å². The maximum atomic E-state index is 6.25. The van der Waals surface area contributed by atoms with Gasteiger partial charge in [-0.3, -0.25) is 21.0 Å². The van der Waals surface area contributed by atoms with E-state index < -0.39 is 0 Å². The second-order valence-corrected chi connectivity index (χ2v) is 0. The first-order valence-electron chi connectivity index (χ1n) is 0.647. The molecule has 4 radical (unpaired) electrons. The fraction of sp³-hybridized carbons (Fsp3) is 0. The average Bonchev–Trinajstić information content (AvgIpc) is 1.81. The molecule has 0 atom stereocenters. The Hall–Kier alpha value is 3.02. The summed E-state index contributed by atoms with van der Waals surface area (Å²) in [6.07, 6.45) is 0. The maximum absolute atomic E-state index is 6.25. The zero-order chi connectivity index (χ0) is 6.00. The van der Waals surface area contributed by atoms with Crippen molar-refractivity contribution in [3.63, 3.8) is 0 Å². The van der Waals surface area contributed by atoms with Crippen LogP contribution >= 0.6 is 0 Å². The summed E-state index contributed by atoms with van der Waals surface area (Å²) in [5.41, 5.74) is 0. The van der Waals surface area contributed by atoms with E-state index in [1.165, 1.54) is 0 Å². The molecule has 0 spiro atoms. The average molecular weight is 401 g/mol. The Kier molecular flexibility index (Phi) is 2490. The molecular formula is H13CaMn4O8+5. The molecule has 0 unspecified atom stereocenters. The molecule has 0 rings (SSSR count). The third-order valence-electron chi connectivity index (χ3n) is 0. The summed E-state index contributed by atoms with van der Waals surface area (Å²) >= 11 is 0. The van der Waals surface area contributed by atoms with Crippen molar-refractivity contribution in [1.82, 2.24) is 0 Å². The molecule has 0 amide bonds. The van der Waals surface area contributed by atoms with E-state index in [-0.39, 0.29) is 117 Å². The third kappa shape index (κ3) is 279. The molecule has 86 valence electrons. The minimum atomic E-state index is 0. The molecule has 0 heterocycles. The maximum Gasteiger partial charge on any atom is 2.00 e. The first-order valence-corrected chi connectivity index (χ1v) is 0.647. The summed E-state index contributed by atoms with van der Waals surface area (Å²) in [5, 5.41) is 34.0. The van der Waals surface area contributed by atoms with E-state index in [1.807, 2.05) is 0 Å². The van der Waals surface area contributed by atoms with Crippen LogP contribution in [0.3, 0.4) is 0 Å². The van der Waals surface area contributed by atoms with Gasteiger partial charge in [-0.15, -0.1) is 10.5 Å². The first kappa shape index (κ1) is 99.8. The minimum Gasteiger partial charge on any atom is -0.457 e. The van der Waals surface area contributed by atoms with Crippen molar-refractivity contribution in [2.75, 3.05) is 0 Å². The molecule has 0 bridgehead atoms. The van der Waals surface area contributed by atoms with E-state index in [0.717, 1.165) is 0 Å². The van der Waals surface area contributed by atoms with Crippen LogP contribution in [0.2, 0.25) is 0 Å². The number of hydrogen-bond acceptors (Lipinski definition) is 4. The molecule has 0 saturated heterocycles. The van der Waals surface area contributed by atoms with Crippen LogP contribution in [0.1, 0.15) is 0 Å². The van der Waals surface area contributed by atoms with Gasteiger partial charge >= 0.3 is 37.7 Å². The summed E-state index contributed by atoms with van der Waals surface area (Å²) in [6.45, 7) is 0. The zero-order valence-corrected chi connectivity index (χ0v) is 13.0. The van der Waals surface area contributed by atoms with Gasteiger partial charge in [0.1, 0.15) is 0 Å². The molecule has 0 aromatic rings. The van der Waals surface area contributed by atoms with Gasteiger partial charge in [-0.2, -0.15) is 0 Å². The number of hydrogen-bond donors (Lipinski definition) is 4. The molecule has 0 aliphatic heterocycles. The second-order valence-electron chi connectivity index (χ2n) is 0. The zero-order valence-electron chi connectivity index (χ0n) is 6.09. The van der Waals surface area contributed by atoms with E-state index in [2.05, 4.69) is 0 Å². The van der Waals surface area contributed by atoms with Crippen LogP contribution in [0.5, 0.6) is 0 Å². The van der Waals surface area contributed by atoms with Gasteiger partial charge < -0.3 is 11.0 Å². The summed E-state index contributed by atoms with van der Waals surface area (Å²) in [5.74, 6) is 0. The molecule has 13 heteroatoms. The van der Waals surface area contributed by atoms with Crippen molar-refractivity contribution in [2.45, 2.75) is 0 Å². The first-order chi connectivity index (χ1) is 3.00. The molecule has 13 N–H and O–H groups in total. The summed E-state index contributed by atoms with van der Waals surface area (Å²) in [6, 6.07) is 0. The molecule has 0 fully saturated rings. The fourth-order valence-corrected chi connectivity index (χ4v) is 0. The van der Waals surface area contributed by atoms with Gasteiger partial charge in [0, 0.05) is 68.3 Å². The summed E-state index contributed by atoms with van der Waals surface area (Å²) in [7, 11) is 0. The predicted molar refractivity (Wildman–Crippen MR) is 32.0 cm³/mol. The van der Waals surface area contributed by atoms with Crippen LogP contribution in [-0.2, 0) is 73.8 Å². The van der Waals surface area contributed by atoms with Crippen molar-refractivity contribution in [2.24, 2.45) is 0 Å². The number of rotatable bonds is 0. The smallest absolute Gasteiger partial charge is 0.457 e. The minimum absolute atomic E-state index is 0. The van der Waals surface area contributed by atoms with Crippen LogP contribution in [0.15, 0.2) is 0 Å². The van der Waals surface area contributed by atoms with Gasteiger partial charge in [-0.05, 0) is 0 Å². The SMILES string of the molecule is O.OO.O[OH2+].O[OH2+].[Ca+2].[Mn].[Mn].[Mn].[Mn].[OH3+]. The largest absolute Gasteiger partial charge is 2.00 e. The fourth-order valence-electron chi connectivity index (χ4n) is 0. The van der Waals surface area contributed by atoms with Crippen molar-refractivity contribution in [3.05, 3.63) is 0 Å². The Morgan fingerprint density at radius 1 is 0.615 bits per heavy atom. The Morgan fingerprint density at radius 3 is 0.615 bits per heavy atom. The van der Waals surface area contributed by atoms with Crippen LogP contribution in [0, 0.1) is 0 Å². The van der Waals surface area contributed by atoms with E-state index in [1.54, 1.807) is 0 Å². The topological polar surface area (TPSA) is 191 Å². The van der Waals surface area contributed by atoms with Gasteiger partial charge in [-0.1, -0.05) is 0 Å².